The number of benzene rings is 2. The normalized spacial score (nSPS) is 12.8. The molecule has 4 heteroatoms. The molecule has 0 amide bonds. The summed E-state index contributed by atoms with van der Waals surface area (Å²) in [6.45, 7) is 0. The van der Waals surface area contributed by atoms with Crippen LogP contribution in [0.1, 0.15) is 17.4 Å². The highest BCUT2D eigenvalue weighted by Crippen LogP contribution is 2.27. The molecule has 2 aromatic carbocycles. The van der Waals surface area contributed by atoms with Gasteiger partial charge in [0.2, 0.25) is 0 Å². The third kappa shape index (κ3) is 2.62. The van der Waals surface area contributed by atoms with Crippen LogP contribution in [0.5, 0.6) is 0 Å². The fraction of sp³-hybridized carbons (Fsp3) is 0.125. The largest absolute Gasteiger partial charge is 0.456 e. The van der Waals surface area contributed by atoms with E-state index >= 15 is 0 Å². The van der Waals surface area contributed by atoms with Crippen LogP contribution < -0.4 is 5.73 Å². The van der Waals surface area contributed by atoms with Crippen molar-refractivity contribution in [2.75, 3.05) is 0 Å². The minimum atomic E-state index is -0.358. The smallest absolute Gasteiger partial charge is 0.169 e. The second-order valence-corrected chi connectivity index (χ2v) is 5.66. The Morgan fingerprint density at radius 1 is 1.15 bits per heavy atom. The van der Waals surface area contributed by atoms with Crippen molar-refractivity contribution in [3.63, 3.8) is 0 Å². The third-order valence-corrected chi connectivity index (χ3v) is 3.72. The molecule has 1 atom stereocenters. The van der Waals surface area contributed by atoms with Gasteiger partial charge in [0.15, 0.2) is 11.4 Å². The van der Waals surface area contributed by atoms with E-state index in [1.807, 2.05) is 30.3 Å². The molecule has 0 saturated heterocycles. The maximum absolute atomic E-state index is 13.6. The van der Waals surface area contributed by atoms with Gasteiger partial charge in [-0.25, -0.2) is 4.39 Å². The van der Waals surface area contributed by atoms with Crippen LogP contribution in [0.2, 0.25) is 0 Å². The monoisotopic (exact) mass is 333 g/mol. The zero-order chi connectivity index (χ0) is 14.1. The number of hydrogen-bond donors (Lipinski definition) is 1. The van der Waals surface area contributed by atoms with Crippen LogP contribution in [0.25, 0.3) is 11.0 Å². The molecule has 1 aromatic heterocycles. The Morgan fingerprint density at radius 3 is 2.70 bits per heavy atom. The molecule has 0 saturated carbocycles. The van der Waals surface area contributed by atoms with E-state index < -0.39 is 0 Å². The van der Waals surface area contributed by atoms with Crippen molar-refractivity contribution in [1.29, 1.82) is 0 Å². The van der Waals surface area contributed by atoms with Crippen LogP contribution in [0.15, 0.2) is 57.4 Å². The molecule has 0 aliphatic rings. The predicted molar refractivity (Wildman–Crippen MR) is 80.9 cm³/mol. The van der Waals surface area contributed by atoms with Gasteiger partial charge >= 0.3 is 0 Å². The van der Waals surface area contributed by atoms with Crippen molar-refractivity contribution < 1.29 is 8.81 Å². The molecule has 0 aliphatic carbocycles. The molecule has 0 radical (unpaired) electrons. The Bertz CT molecular complexity index is 753. The molecule has 3 rings (SSSR count). The van der Waals surface area contributed by atoms with Gasteiger partial charge in [0.25, 0.3) is 0 Å². The lowest BCUT2D eigenvalue weighted by Crippen LogP contribution is -2.12. The molecular formula is C16H13BrFNO. The zero-order valence-corrected chi connectivity index (χ0v) is 12.2. The lowest BCUT2D eigenvalue weighted by atomic mass is 10.0. The van der Waals surface area contributed by atoms with Crippen molar-refractivity contribution in [2.24, 2.45) is 5.73 Å². The first-order chi connectivity index (χ1) is 9.63. The van der Waals surface area contributed by atoms with Gasteiger partial charge in [0.1, 0.15) is 5.76 Å². The molecule has 0 bridgehead atoms. The second-order valence-electron chi connectivity index (χ2n) is 4.75. The lowest BCUT2D eigenvalue weighted by Gasteiger charge is -2.08. The number of fused-ring (bicyclic) bond motifs is 1. The summed E-state index contributed by atoms with van der Waals surface area (Å²) in [7, 11) is 0. The van der Waals surface area contributed by atoms with Crippen LogP contribution in [-0.4, -0.2) is 0 Å². The van der Waals surface area contributed by atoms with Crippen molar-refractivity contribution in [3.05, 3.63) is 70.1 Å². The molecular weight excluding hydrogens is 321 g/mol. The van der Waals surface area contributed by atoms with Crippen LogP contribution in [-0.2, 0) is 6.42 Å². The summed E-state index contributed by atoms with van der Waals surface area (Å²) in [4.78, 5) is 0. The highest BCUT2D eigenvalue weighted by molar-refractivity contribution is 9.10. The summed E-state index contributed by atoms with van der Waals surface area (Å²) in [5.74, 6) is 0.244. The first-order valence-electron chi connectivity index (χ1n) is 6.31. The molecule has 0 spiro atoms. The number of furan rings is 1. The van der Waals surface area contributed by atoms with Gasteiger partial charge < -0.3 is 10.2 Å². The Labute approximate surface area is 124 Å². The van der Waals surface area contributed by atoms with E-state index in [4.69, 9.17) is 10.2 Å². The first kappa shape index (κ1) is 13.3. The predicted octanol–water partition coefficient (Wildman–Crippen LogP) is 4.58. The maximum atomic E-state index is 13.6. The van der Waals surface area contributed by atoms with Crippen LogP contribution in [0, 0.1) is 5.82 Å². The van der Waals surface area contributed by atoms with Crippen LogP contribution in [0.3, 0.4) is 0 Å². The zero-order valence-electron chi connectivity index (χ0n) is 10.6. The van der Waals surface area contributed by atoms with E-state index in [0.29, 0.717) is 12.2 Å². The summed E-state index contributed by atoms with van der Waals surface area (Å²) in [6, 6.07) is 14.3. The summed E-state index contributed by atoms with van der Waals surface area (Å²) < 4.78 is 20.2. The van der Waals surface area contributed by atoms with Gasteiger partial charge in [-0.05, 0) is 36.2 Å². The average molecular weight is 334 g/mol. The summed E-state index contributed by atoms with van der Waals surface area (Å²) >= 11 is 3.43. The third-order valence-electron chi connectivity index (χ3n) is 3.23. The molecule has 102 valence electrons. The van der Waals surface area contributed by atoms with E-state index in [2.05, 4.69) is 15.9 Å². The Kier molecular flexibility index (Phi) is 3.59. The van der Waals surface area contributed by atoms with Crippen LogP contribution in [0.4, 0.5) is 4.39 Å². The molecule has 3 aromatic rings. The lowest BCUT2D eigenvalue weighted by molar-refractivity contribution is 0.478. The number of nitrogens with two attached hydrogens (primary N) is 1. The van der Waals surface area contributed by atoms with Crippen molar-refractivity contribution >= 4 is 26.9 Å². The minimum absolute atomic E-state index is 0.271. The number of para-hydroxylation sites is 1. The van der Waals surface area contributed by atoms with E-state index in [0.717, 1.165) is 15.4 Å². The quantitative estimate of drug-likeness (QED) is 0.762. The van der Waals surface area contributed by atoms with E-state index in [1.165, 1.54) is 6.07 Å². The summed E-state index contributed by atoms with van der Waals surface area (Å²) in [5.41, 5.74) is 7.53. The van der Waals surface area contributed by atoms with Gasteiger partial charge in [-0.15, -0.1) is 0 Å². The highest BCUT2D eigenvalue weighted by Gasteiger charge is 2.14. The van der Waals surface area contributed by atoms with Gasteiger partial charge in [0, 0.05) is 9.86 Å². The first-order valence-corrected chi connectivity index (χ1v) is 7.11. The fourth-order valence-corrected chi connectivity index (χ4v) is 2.70. The topological polar surface area (TPSA) is 39.2 Å². The molecule has 1 heterocycles. The van der Waals surface area contributed by atoms with Crippen LogP contribution >= 0.6 is 15.9 Å². The van der Waals surface area contributed by atoms with E-state index in [-0.39, 0.29) is 17.4 Å². The van der Waals surface area contributed by atoms with E-state index in [9.17, 15) is 4.39 Å². The Balaban J connectivity index is 1.89. The number of hydrogen-bond acceptors (Lipinski definition) is 2. The molecule has 0 aliphatic heterocycles. The molecule has 1 unspecified atom stereocenters. The van der Waals surface area contributed by atoms with Crippen molar-refractivity contribution in [2.45, 2.75) is 12.5 Å². The van der Waals surface area contributed by atoms with Gasteiger partial charge in [0.05, 0.1) is 6.04 Å². The standard InChI is InChI=1S/C16H13BrFNO/c17-12-5-1-3-10(7-12)8-14(19)15-9-11-4-2-6-13(18)16(11)20-15/h1-7,9,14H,8,19H2. The van der Waals surface area contributed by atoms with E-state index in [1.54, 1.807) is 12.1 Å². The molecule has 2 N–H and O–H groups in total. The average Bonchev–Trinajstić information content (AvgIpc) is 2.84. The van der Waals surface area contributed by atoms with Gasteiger partial charge in [-0.3, -0.25) is 0 Å². The number of rotatable bonds is 3. The molecule has 20 heavy (non-hydrogen) atoms. The van der Waals surface area contributed by atoms with Crippen molar-refractivity contribution in [1.82, 2.24) is 0 Å². The Hall–Kier alpha value is -1.65. The SMILES string of the molecule is NC(Cc1cccc(Br)c1)c1cc2cccc(F)c2o1. The summed E-state index contributed by atoms with van der Waals surface area (Å²) in [6.07, 6.45) is 0.640. The summed E-state index contributed by atoms with van der Waals surface area (Å²) in [5, 5.41) is 0.740. The van der Waals surface area contributed by atoms with Gasteiger partial charge in [-0.2, -0.15) is 0 Å². The fourth-order valence-electron chi connectivity index (χ4n) is 2.25. The minimum Gasteiger partial charge on any atom is -0.456 e. The Morgan fingerprint density at radius 2 is 1.95 bits per heavy atom. The molecule has 2 nitrogen and oxygen atoms in total. The number of halogens is 2. The van der Waals surface area contributed by atoms with Crippen molar-refractivity contribution in [3.8, 4) is 0 Å². The second kappa shape index (κ2) is 5.38. The molecule has 0 fully saturated rings. The van der Waals surface area contributed by atoms with Gasteiger partial charge in [-0.1, -0.05) is 40.2 Å². The maximum Gasteiger partial charge on any atom is 0.169 e. The highest BCUT2D eigenvalue weighted by atomic mass is 79.9.